The molecule has 0 heterocycles. The Bertz CT molecular complexity index is 1340. The molecule has 0 bridgehead atoms. The van der Waals surface area contributed by atoms with E-state index in [2.05, 4.69) is 123 Å². The topological polar surface area (TPSA) is 94.1 Å². The van der Waals surface area contributed by atoms with Gasteiger partial charge < -0.3 is 27.9 Å². The number of hydrogen-bond acceptors (Lipinski definition) is 7. The molecule has 0 saturated heterocycles. The number of allylic oxidation sites excluding steroid dienone is 18. The molecule has 0 fully saturated rings. The van der Waals surface area contributed by atoms with E-state index in [1.165, 1.54) is 19.3 Å². The number of quaternary nitrogens is 1. The van der Waals surface area contributed by atoms with E-state index in [0.29, 0.717) is 17.6 Å². The Morgan fingerprint density at radius 1 is 0.508 bits per heavy atom. The van der Waals surface area contributed by atoms with Gasteiger partial charge in [0.05, 0.1) is 34.4 Å². The number of phosphoric ester groups is 1. The van der Waals surface area contributed by atoms with Crippen LogP contribution in [0.3, 0.4) is 0 Å². The number of phosphoric acid groups is 1. The first-order valence-corrected chi connectivity index (χ1v) is 25.1. The molecule has 0 N–H and O–H groups in total. The number of likely N-dealkylation sites (N-methyl/N-ethyl adjacent to an activating group) is 1. The maximum absolute atomic E-state index is 12.7. The molecule has 0 rings (SSSR count). The second-order valence-corrected chi connectivity index (χ2v) is 17.8. The first kappa shape index (κ1) is 58.2. The van der Waals surface area contributed by atoms with Crippen molar-refractivity contribution in [3.8, 4) is 0 Å². The van der Waals surface area contributed by atoms with E-state index in [-0.39, 0.29) is 32.2 Å². The van der Waals surface area contributed by atoms with Gasteiger partial charge in [-0.25, -0.2) is 0 Å². The highest BCUT2D eigenvalue weighted by Crippen LogP contribution is 2.38. The Morgan fingerprint density at radius 2 is 0.902 bits per heavy atom. The fraction of sp³-hybridized carbons (Fsp3) is 0.635. The van der Waals surface area contributed by atoms with Crippen molar-refractivity contribution < 1.29 is 37.3 Å². The van der Waals surface area contributed by atoms with E-state index in [1.54, 1.807) is 0 Å². The lowest BCUT2D eigenvalue weighted by Gasteiger charge is -2.28. The molecule has 0 aliphatic heterocycles. The molecule has 0 saturated carbocycles. The maximum Gasteiger partial charge on any atom is 0.306 e. The van der Waals surface area contributed by atoms with Crippen LogP contribution in [0, 0.1) is 0 Å². The summed E-state index contributed by atoms with van der Waals surface area (Å²) in [7, 11) is 1.30. The Morgan fingerprint density at radius 3 is 1.34 bits per heavy atom. The molecule has 348 valence electrons. The van der Waals surface area contributed by atoms with Crippen LogP contribution in [0.25, 0.3) is 0 Å². The summed E-state index contributed by atoms with van der Waals surface area (Å²) in [5.74, 6) is -0.362. The van der Waals surface area contributed by atoms with E-state index >= 15 is 0 Å². The lowest BCUT2D eigenvalue weighted by molar-refractivity contribution is -0.870. The van der Waals surface area contributed by atoms with Gasteiger partial charge in [0.15, 0.2) is 0 Å². The van der Waals surface area contributed by atoms with Gasteiger partial charge >= 0.3 is 5.97 Å². The zero-order valence-electron chi connectivity index (χ0n) is 39.3. The highest BCUT2D eigenvalue weighted by atomic mass is 31.2. The molecular weight excluding hydrogens is 782 g/mol. The molecule has 0 amide bonds. The second kappa shape index (κ2) is 43.8. The normalized spacial score (nSPS) is 14.7. The molecule has 61 heavy (non-hydrogen) atoms. The number of esters is 1. The van der Waals surface area contributed by atoms with Crippen molar-refractivity contribution in [2.24, 2.45) is 0 Å². The van der Waals surface area contributed by atoms with E-state index < -0.39 is 13.9 Å². The first-order chi connectivity index (χ1) is 29.6. The number of ether oxygens (including phenoxy) is 2. The summed E-state index contributed by atoms with van der Waals surface area (Å²) in [4.78, 5) is 25.1. The third-order valence-electron chi connectivity index (χ3n) is 9.32. The second-order valence-electron chi connectivity index (χ2n) is 16.3. The van der Waals surface area contributed by atoms with Crippen molar-refractivity contribution in [1.29, 1.82) is 0 Å². The summed E-state index contributed by atoms with van der Waals surface area (Å²) in [5.41, 5.74) is 0. The lowest BCUT2D eigenvalue weighted by atomic mass is 10.1. The van der Waals surface area contributed by atoms with Gasteiger partial charge in [-0.15, -0.1) is 0 Å². The highest BCUT2D eigenvalue weighted by molar-refractivity contribution is 7.45. The maximum atomic E-state index is 12.7. The van der Waals surface area contributed by atoms with Crippen molar-refractivity contribution >= 4 is 13.8 Å². The number of carbonyl (C=O) groups is 1. The highest BCUT2D eigenvalue weighted by Gasteiger charge is 2.20. The van der Waals surface area contributed by atoms with Crippen LogP contribution in [0.15, 0.2) is 109 Å². The third-order valence-corrected chi connectivity index (χ3v) is 10.3. The minimum absolute atomic E-state index is 0.0102. The average Bonchev–Trinajstić information content (AvgIpc) is 3.22. The van der Waals surface area contributed by atoms with Gasteiger partial charge in [-0.2, -0.15) is 0 Å². The van der Waals surface area contributed by atoms with Crippen LogP contribution < -0.4 is 4.89 Å². The van der Waals surface area contributed by atoms with Crippen LogP contribution in [0.4, 0.5) is 0 Å². The van der Waals surface area contributed by atoms with Gasteiger partial charge in [0.1, 0.15) is 19.3 Å². The van der Waals surface area contributed by atoms with Gasteiger partial charge in [0.2, 0.25) is 0 Å². The predicted molar refractivity (Wildman–Crippen MR) is 258 cm³/mol. The molecule has 0 aromatic heterocycles. The van der Waals surface area contributed by atoms with Crippen LogP contribution in [0.1, 0.15) is 155 Å². The van der Waals surface area contributed by atoms with Crippen LogP contribution in [0.5, 0.6) is 0 Å². The predicted octanol–water partition coefficient (Wildman–Crippen LogP) is 13.8. The molecule has 2 atom stereocenters. The zero-order valence-corrected chi connectivity index (χ0v) is 40.2. The van der Waals surface area contributed by atoms with Crippen molar-refractivity contribution in [3.63, 3.8) is 0 Å². The van der Waals surface area contributed by atoms with E-state index in [0.717, 1.165) is 116 Å². The Labute approximate surface area is 374 Å². The summed E-state index contributed by atoms with van der Waals surface area (Å²) in [6, 6.07) is 0. The van der Waals surface area contributed by atoms with E-state index in [4.69, 9.17) is 18.5 Å². The van der Waals surface area contributed by atoms with Crippen LogP contribution in [0.2, 0.25) is 0 Å². The van der Waals surface area contributed by atoms with Gasteiger partial charge in [-0.3, -0.25) is 9.36 Å². The molecule has 8 nitrogen and oxygen atoms in total. The number of carbonyl (C=O) groups excluding carboxylic acids is 1. The van der Waals surface area contributed by atoms with Crippen LogP contribution in [-0.4, -0.2) is 70.7 Å². The molecular formula is C52H88NO7P. The molecule has 0 aromatic rings. The average molecular weight is 870 g/mol. The largest absolute Gasteiger partial charge is 0.756 e. The summed E-state index contributed by atoms with van der Waals surface area (Å²) in [5, 5.41) is 0. The SMILES string of the molecule is CC/C=C\C/C=C\C/C=C\C/C=C\C/C=C\C/C=C\CCCCCOCC(COP(=O)([O-])OCC[N+](C)(C)C)OC(=O)CCCCCCCCC/C=C\C/C=C\C/C=C\CC. The summed E-state index contributed by atoms with van der Waals surface area (Å²) in [6.45, 7) is 5.05. The van der Waals surface area contributed by atoms with Crippen LogP contribution >= 0.6 is 7.82 Å². The zero-order chi connectivity index (χ0) is 44.8. The van der Waals surface area contributed by atoms with E-state index in [9.17, 15) is 14.3 Å². The number of rotatable bonds is 42. The summed E-state index contributed by atoms with van der Waals surface area (Å²) in [6.07, 6.45) is 61.1. The van der Waals surface area contributed by atoms with E-state index in [1.807, 2.05) is 21.1 Å². The molecule has 0 aromatic carbocycles. The fourth-order valence-corrected chi connectivity index (χ4v) is 6.47. The monoisotopic (exact) mass is 870 g/mol. The van der Waals surface area contributed by atoms with Crippen molar-refractivity contribution in [1.82, 2.24) is 0 Å². The van der Waals surface area contributed by atoms with Crippen molar-refractivity contribution in [3.05, 3.63) is 109 Å². The molecule has 0 spiro atoms. The number of unbranched alkanes of at least 4 members (excludes halogenated alkanes) is 10. The summed E-state index contributed by atoms with van der Waals surface area (Å²) < 4.78 is 34.6. The standard InChI is InChI=1S/C52H88NO7P/c1-6-8-10-12-14-16-18-20-22-24-25-26-27-28-30-32-34-36-38-40-42-44-47-57-49-51(50-59-61(55,56)58-48-46-53(3,4)5)60-52(54)45-43-41-39-37-35-33-31-29-23-21-19-17-15-13-11-9-7-2/h8-11,14-17,20-23,25-26,28,30,34,36,51H,6-7,12-13,18-19,24,27,29,31-33,35,37-50H2,1-5H3/b10-8-,11-9-,16-14-,17-15-,22-20-,23-21-,26-25-,30-28-,36-34-. The Hall–Kier alpha value is -2.84. The first-order valence-electron chi connectivity index (χ1n) is 23.6. The fourth-order valence-electron chi connectivity index (χ4n) is 5.74. The van der Waals surface area contributed by atoms with Gasteiger partial charge in [-0.05, 0) is 96.3 Å². The molecule has 0 aliphatic rings. The molecule has 2 unspecified atom stereocenters. The van der Waals surface area contributed by atoms with Gasteiger partial charge in [0, 0.05) is 13.0 Å². The number of hydrogen-bond donors (Lipinski definition) is 0. The molecule has 9 heteroatoms. The Kier molecular flexibility index (Phi) is 41.8. The Balaban J connectivity index is 4.31. The molecule has 0 aliphatic carbocycles. The quantitative estimate of drug-likeness (QED) is 0.0198. The van der Waals surface area contributed by atoms with Gasteiger partial charge in [-0.1, -0.05) is 162 Å². The lowest BCUT2D eigenvalue weighted by Crippen LogP contribution is -2.37. The number of nitrogens with zero attached hydrogens (tertiary/aromatic N) is 1. The van der Waals surface area contributed by atoms with Crippen molar-refractivity contribution in [2.45, 2.75) is 161 Å². The van der Waals surface area contributed by atoms with Crippen molar-refractivity contribution in [2.75, 3.05) is 54.1 Å². The van der Waals surface area contributed by atoms with Gasteiger partial charge in [0.25, 0.3) is 7.82 Å². The minimum Gasteiger partial charge on any atom is -0.756 e. The minimum atomic E-state index is -4.55. The summed E-state index contributed by atoms with van der Waals surface area (Å²) >= 11 is 0. The van der Waals surface area contributed by atoms with Crippen LogP contribution in [-0.2, 0) is 27.9 Å². The third kappa shape index (κ3) is 48.1. The molecule has 0 radical (unpaired) electrons. The smallest absolute Gasteiger partial charge is 0.306 e.